The molecule has 3 aromatic rings. The van der Waals surface area contributed by atoms with E-state index >= 15 is 0 Å². The van der Waals surface area contributed by atoms with Crippen LogP contribution in [-0.4, -0.2) is 49.8 Å². The van der Waals surface area contributed by atoms with Gasteiger partial charge in [0, 0.05) is 38.3 Å². The average Bonchev–Trinajstić information content (AvgIpc) is 2.89. The van der Waals surface area contributed by atoms with Crippen molar-refractivity contribution in [3.63, 3.8) is 0 Å². The predicted octanol–water partition coefficient (Wildman–Crippen LogP) is 3.56. The first-order valence-electron chi connectivity index (χ1n) is 11.1. The van der Waals surface area contributed by atoms with E-state index in [0.29, 0.717) is 26.2 Å². The van der Waals surface area contributed by atoms with E-state index in [0.717, 1.165) is 12.6 Å². The van der Waals surface area contributed by atoms with Crippen LogP contribution >= 0.6 is 0 Å². The minimum Gasteiger partial charge on any atom is -0.457 e. The zero-order chi connectivity index (χ0) is 24.8. The molecular formula is C26H24FN3O4S. The number of carbonyl (C=O) groups excluding carboxylic acids is 1. The molecule has 35 heavy (non-hydrogen) atoms. The predicted molar refractivity (Wildman–Crippen MR) is 127 cm³/mol. The maximum absolute atomic E-state index is 13.9. The van der Waals surface area contributed by atoms with Crippen molar-refractivity contribution in [3.8, 4) is 6.07 Å². The summed E-state index contributed by atoms with van der Waals surface area (Å²) >= 11 is 0. The highest BCUT2D eigenvalue weighted by molar-refractivity contribution is 7.89. The largest absolute Gasteiger partial charge is 0.457 e. The summed E-state index contributed by atoms with van der Waals surface area (Å²) in [4.78, 5) is 14.7. The molecule has 1 aliphatic rings. The summed E-state index contributed by atoms with van der Waals surface area (Å²) in [6, 6.07) is 21.3. The zero-order valence-corrected chi connectivity index (χ0v) is 19.7. The Morgan fingerprint density at radius 3 is 2.43 bits per heavy atom. The number of nitrogens with zero attached hydrogens (tertiary/aromatic N) is 3. The maximum Gasteiger partial charge on any atom is 0.338 e. The molecule has 0 unspecified atom stereocenters. The fraction of sp³-hybridized carbons (Fsp3) is 0.231. The topological polar surface area (TPSA) is 90.7 Å². The van der Waals surface area contributed by atoms with Crippen molar-refractivity contribution >= 4 is 16.0 Å². The van der Waals surface area contributed by atoms with Crippen molar-refractivity contribution in [2.75, 3.05) is 26.2 Å². The van der Waals surface area contributed by atoms with Gasteiger partial charge in [0.05, 0.1) is 22.1 Å². The van der Waals surface area contributed by atoms with Crippen LogP contribution in [0.2, 0.25) is 0 Å². The molecule has 0 atom stereocenters. The molecule has 0 spiro atoms. The third-order valence-corrected chi connectivity index (χ3v) is 7.72. The number of sulfonamides is 1. The highest BCUT2D eigenvalue weighted by Gasteiger charge is 2.29. The van der Waals surface area contributed by atoms with Crippen LogP contribution in [0, 0.1) is 17.1 Å². The highest BCUT2D eigenvalue weighted by atomic mass is 32.2. The van der Waals surface area contributed by atoms with Crippen LogP contribution in [0.4, 0.5) is 4.39 Å². The number of esters is 1. The molecule has 7 nitrogen and oxygen atoms in total. The van der Waals surface area contributed by atoms with Gasteiger partial charge in [-0.05, 0) is 42.0 Å². The number of rotatable bonds is 7. The van der Waals surface area contributed by atoms with Gasteiger partial charge in [-0.2, -0.15) is 9.57 Å². The molecule has 0 N–H and O–H groups in total. The Hall–Kier alpha value is -3.58. The van der Waals surface area contributed by atoms with E-state index < -0.39 is 21.8 Å². The number of hydrogen-bond donors (Lipinski definition) is 0. The van der Waals surface area contributed by atoms with E-state index in [-0.39, 0.29) is 28.2 Å². The van der Waals surface area contributed by atoms with Gasteiger partial charge < -0.3 is 4.74 Å². The second kappa shape index (κ2) is 10.8. The molecule has 3 aromatic carbocycles. The summed E-state index contributed by atoms with van der Waals surface area (Å²) in [6.07, 6.45) is 0. The quantitative estimate of drug-likeness (QED) is 0.468. The van der Waals surface area contributed by atoms with Crippen molar-refractivity contribution in [3.05, 3.63) is 101 Å². The van der Waals surface area contributed by atoms with Crippen LogP contribution in [0.1, 0.15) is 27.0 Å². The van der Waals surface area contributed by atoms with E-state index in [1.807, 2.05) is 36.4 Å². The van der Waals surface area contributed by atoms with Gasteiger partial charge in [0.25, 0.3) is 0 Å². The van der Waals surface area contributed by atoms with Crippen LogP contribution in [0.3, 0.4) is 0 Å². The molecule has 0 aromatic heterocycles. The normalized spacial score (nSPS) is 14.9. The average molecular weight is 494 g/mol. The number of benzene rings is 3. The molecule has 180 valence electrons. The summed E-state index contributed by atoms with van der Waals surface area (Å²) in [5.41, 5.74) is 1.53. The molecule has 1 fully saturated rings. The van der Waals surface area contributed by atoms with Crippen molar-refractivity contribution in [2.24, 2.45) is 0 Å². The smallest absolute Gasteiger partial charge is 0.338 e. The first-order valence-corrected chi connectivity index (χ1v) is 12.5. The third kappa shape index (κ3) is 5.92. The van der Waals surface area contributed by atoms with Crippen molar-refractivity contribution in [1.29, 1.82) is 5.26 Å². The van der Waals surface area contributed by atoms with Gasteiger partial charge in [0.2, 0.25) is 10.0 Å². The molecule has 1 saturated heterocycles. The lowest BCUT2D eigenvalue weighted by atomic mass is 10.1. The number of halogens is 1. The summed E-state index contributed by atoms with van der Waals surface area (Å²) in [6.45, 7) is 2.28. The molecule has 0 amide bonds. The Kier molecular flexibility index (Phi) is 7.56. The molecular weight excluding hydrogens is 469 g/mol. The monoisotopic (exact) mass is 493 g/mol. The number of hydrogen-bond acceptors (Lipinski definition) is 6. The molecule has 4 rings (SSSR count). The Balaban J connectivity index is 1.39. The molecule has 1 aliphatic heterocycles. The lowest BCUT2D eigenvalue weighted by Gasteiger charge is -2.34. The van der Waals surface area contributed by atoms with Gasteiger partial charge in [-0.15, -0.1) is 0 Å². The Labute approximate surface area is 204 Å². The zero-order valence-electron chi connectivity index (χ0n) is 18.9. The van der Waals surface area contributed by atoms with Gasteiger partial charge in [-0.1, -0.05) is 36.4 Å². The number of ether oxygens (including phenoxy) is 1. The van der Waals surface area contributed by atoms with E-state index in [1.165, 1.54) is 46.3 Å². The highest BCUT2D eigenvalue weighted by Crippen LogP contribution is 2.21. The second-order valence-corrected chi connectivity index (χ2v) is 10.1. The van der Waals surface area contributed by atoms with Gasteiger partial charge in [-0.3, -0.25) is 4.90 Å². The summed E-state index contributed by atoms with van der Waals surface area (Å²) in [5, 5.41) is 8.96. The first-order chi connectivity index (χ1) is 16.9. The molecule has 0 radical (unpaired) electrons. The van der Waals surface area contributed by atoms with Gasteiger partial charge in [-0.25, -0.2) is 17.6 Å². The van der Waals surface area contributed by atoms with Crippen LogP contribution < -0.4 is 0 Å². The molecule has 1 heterocycles. The maximum atomic E-state index is 13.9. The number of nitriles is 1. The SMILES string of the molecule is N#Cc1ccc(F)c(COC(=O)c2cccc(S(=O)(=O)N3CCN(Cc4ccccc4)CC3)c2)c1. The van der Waals surface area contributed by atoms with Crippen molar-refractivity contribution in [2.45, 2.75) is 18.0 Å². The Morgan fingerprint density at radius 2 is 1.71 bits per heavy atom. The summed E-state index contributed by atoms with van der Waals surface area (Å²) in [7, 11) is -3.79. The second-order valence-electron chi connectivity index (χ2n) is 8.19. The van der Waals surface area contributed by atoms with Crippen molar-refractivity contribution < 1.29 is 22.3 Å². The summed E-state index contributed by atoms with van der Waals surface area (Å²) in [5.74, 6) is -1.38. The molecule has 0 bridgehead atoms. The van der Waals surface area contributed by atoms with E-state index in [1.54, 1.807) is 0 Å². The van der Waals surface area contributed by atoms with Crippen molar-refractivity contribution in [1.82, 2.24) is 9.21 Å². The number of carbonyl (C=O) groups is 1. The Bertz CT molecular complexity index is 1350. The molecule has 0 aliphatic carbocycles. The molecule has 9 heteroatoms. The Morgan fingerprint density at radius 1 is 0.971 bits per heavy atom. The fourth-order valence-electron chi connectivity index (χ4n) is 3.88. The molecule has 0 saturated carbocycles. The van der Waals surface area contributed by atoms with E-state index in [9.17, 15) is 17.6 Å². The first kappa shape index (κ1) is 24.5. The minimum atomic E-state index is -3.79. The van der Waals surface area contributed by atoms with Gasteiger partial charge in [0.1, 0.15) is 12.4 Å². The van der Waals surface area contributed by atoms with Crippen LogP contribution in [0.5, 0.6) is 0 Å². The lowest BCUT2D eigenvalue weighted by Crippen LogP contribution is -2.48. The summed E-state index contributed by atoms with van der Waals surface area (Å²) < 4.78 is 46.9. The van der Waals surface area contributed by atoms with E-state index in [2.05, 4.69) is 4.90 Å². The minimum absolute atomic E-state index is 0.00103. The lowest BCUT2D eigenvalue weighted by molar-refractivity contribution is 0.0468. The van der Waals surface area contributed by atoms with Gasteiger partial charge >= 0.3 is 5.97 Å². The van der Waals surface area contributed by atoms with E-state index in [4.69, 9.17) is 10.00 Å². The number of piperazine rings is 1. The standard InChI is InChI=1S/C26H24FN3O4S/c27-25-10-9-21(17-28)15-23(25)19-34-26(31)22-7-4-8-24(16-22)35(32,33)30-13-11-29(12-14-30)18-20-5-2-1-3-6-20/h1-10,15-16H,11-14,18-19H2. The third-order valence-electron chi connectivity index (χ3n) is 5.82. The van der Waals surface area contributed by atoms with Crippen LogP contribution in [0.15, 0.2) is 77.7 Å². The fourth-order valence-corrected chi connectivity index (χ4v) is 5.35. The van der Waals surface area contributed by atoms with Gasteiger partial charge in [0.15, 0.2) is 0 Å². The van der Waals surface area contributed by atoms with Crippen LogP contribution in [-0.2, 0) is 27.9 Å². The van der Waals surface area contributed by atoms with Crippen LogP contribution in [0.25, 0.3) is 0 Å².